The van der Waals surface area contributed by atoms with Crippen molar-refractivity contribution in [3.05, 3.63) is 0 Å². The molecule has 0 fully saturated rings. The molecule has 0 radical (unpaired) electrons. The van der Waals surface area contributed by atoms with Gasteiger partial charge in [-0.05, 0) is 26.7 Å². The van der Waals surface area contributed by atoms with Crippen molar-refractivity contribution in [2.24, 2.45) is 0 Å². The van der Waals surface area contributed by atoms with E-state index in [1.165, 1.54) is 0 Å². The SMILES string of the molecule is CCCCC(NC(=O)OC(C)(C)CC)C(=O)C=N. The van der Waals surface area contributed by atoms with Gasteiger partial charge in [-0.1, -0.05) is 26.7 Å². The maximum atomic E-state index is 11.7. The van der Waals surface area contributed by atoms with E-state index < -0.39 is 23.5 Å². The van der Waals surface area contributed by atoms with E-state index in [0.29, 0.717) is 12.8 Å². The maximum absolute atomic E-state index is 11.7. The molecule has 5 nitrogen and oxygen atoms in total. The number of ketones is 1. The highest BCUT2D eigenvalue weighted by Crippen LogP contribution is 2.14. The second-order valence-electron chi connectivity index (χ2n) is 4.89. The van der Waals surface area contributed by atoms with Crippen LogP contribution in [0.1, 0.15) is 53.4 Å². The van der Waals surface area contributed by atoms with Crippen molar-refractivity contribution in [1.29, 1.82) is 5.41 Å². The van der Waals surface area contributed by atoms with E-state index in [2.05, 4.69) is 5.32 Å². The zero-order chi connectivity index (χ0) is 14.2. The Morgan fingerprint density at radius 1 is 1.39 bits per heavy atom. The maximum Gasteiger partial charge on any atom is 0.408 e. The van der Waals surface area contributed by atoms with Gasteiger partial charge in [-0.15, -0.1) is 0 Å². The van der Waals surface area contributed by atoms with E-state index >= 15 is 0 Å². The molecule has 1 atom stereocenters. The van der Waals surface area contributed by atoms with Crippen molar-refractivity contribution in [1.82, 2.24) is 5.32 Å². The summed E-state index contributed by atoms with van der Waals surface area (Å²) in [6.07, 6.45) is 3.12. The monoisotopic (exact) mass is 256 g/mol. The first-order valence-electron chi connectivity index (χ1n) is 6.40. The van der Waals surface area contributed by atoms with Crippen molar-refractivity contribution in [2.75, 3.05) is 0 Å². The molecule has 104 valence electrons. The van der Waals surface area contributed by atoms with E-state index in [1.807, 2.05) is 27.7 Å². The smallest absolute Gasteiger partial charge is 0.408 e. The van der Waals surface area contributed by atoms with Crippen LogP contribution in [-0.4, -0.2) is 29.7 Å². The Morgan fingerprint density at radius 3 is 2.44 bits per heavy atom. The quantitative estimate of drug-likeness (QED) is 0.655. The summed E-state index contributed by atoms with van der Waals surface area (Å²) in [6, 6.07) is -0.650. The highest BCUT2D eigenvalue weighted by molar-refractivity contribution is 6.29. The number of unbranched alkanes of at least 4 members (excludes halogenated alkanes) is 1. The van der Waals surface area contributed by atoms with Gasteiger partial charge in [0.25, 0.3) is 0 Å². The third-order valence-electron chi connectivity index (χ3n) is 2.84. The van der Waals surface area contributed by atoms with Crippen LogP contribution in [0.25, 0.3) is 0 Å². The molecule has 0 aliphatic rings. The Balaban J connectivity index is 4.43. The Hall–Kier alpha value is -1.39. The molecule has 18 heavy (non-hydrogen) atoms. The molecule has 0 saturated heterocycles. The lowest BCUT2D eigenvalue weighted by Gasteiger charge is -2.25. The molecule has 5 heteroatoms. The van der Waals surface area contributed by atoms with Crippen LogP contribution in [-0.2, 0) is 9.53 Å². The standard InChI is InChI=1S/C13H24N2O3/c1-5-7-8-10(11(16)9-14)15-12(17)18-13(3,4)6-2/h9-10,14H,5-8H2,1-4H3,(H,15,17). The van der Waals surface area contributed by atoms with Crippen molar-refractivity contribution in [3.63, 3.8) is 0 Å². The largest absolute Gasteiger partial charge is 0.444 e. The number of amides is 1. The molecule has 0 aliphatic carbocycles. The Bertz CT molecular complexity index is 301. The second kappa shape index (κ2) is 7.84. The number of rotatable bonds is 8. The molecule has 0 heterocycles. The van der Waals surface area contributed by atoms with Crippen molar-refractivity contribution < 1.29 is 14.3 Å². The van der Waals surface area contributed by atoms with Crippen LogP contribution >= 0.6 is 0 Å². The van der Waals surface area contributed by atoms with Crippen molar-refractivity contribution >= 4 is 18.1 Å². The molecule has 0 saturated carbocycles. The third-order valence-corrected chi connectivity index (χ3v) is 2.84. The number of Topliss-reactive ketones (excluding diaryl/α,β-unsaturated/α-hetero) is 1. The number of carbonyl (C=O) groups excluding carboxylic acids is 2. The Kier molecular flexibility index (Phi) is 7.24. The molecule has 0 aromatic rings. The third kappa shape index (κ3) is 6.37. The van der Waals surface area contributed by atoms with Gasteiger partial charge in [-0.25, -0.2) is 4.79 Å². The van der Waals surface area contributed by atoms with Crippen LogP contribution in [0, 0.1) is 5.41 Å². The minimum absolute atomic E-state index is 0.394. The fraction of sp³-hybridized carbons (Fsp3) is 0.769. The lowest BCUT2D eigenvalue weighted by Crippen LogP contribution is -2.44. The summed E-state index contributed by atoms with van der Waals surface area (Å²) in [4.78, 5) is 23.1. The van der Waals surface area contributed by atoms with Gasteiger partial charge in [0.05, 0.1) is 12.3 Å². The van der Waals surface area contributed by atoms with Crippen LogP contribution in [0.2, 0.25) is 0 Å². The van der Waals surface area contributed by atoms with Gasteiger partial charge >= 0.3 is 6.09 Å². The predicted molar refractivity (Wildman–Crippen MR) is 71.1 cm³/mol. The normalized spacial score (nSPS) is 12.7. The number of hydrogen-bond donors (Lipinski definition) is 2. The Morgan fingerprint density at radius 2 is 2.00 bits per heavy atom. The number of carbonyl (C=O) groups is 2. The highest BCUT2D eigenvalue weighted by Gasteiger charge is 2.24. The number of nitrogens with one attached hydrogen (secondary N) is 2. The van der Waals surface area contributed by atoms with E-state index in [-0.39, 0.29) is 0 Å². The average Bonchev–Trinajstić information content (AvgIpc) is 2.32. The molecule has 0 rings (SSSR count). The summed E-state index contributed by atoms with van der Waals surface area (Å²) < 4.78 is 5.21. The van der Waals surface area contributed by atoms with Gasteiger partial charge in [0, 0.05) is 0 Å². The lowest BCUT2D eigenvalue weighted by molar-refractivity contribution is -0.114. The summed E-state index contributed by atoms with van der Waals surface area (Å²) in [7, 11) is 0. The number of alkyl carbamates (subject to hydrolysis) is 1. The fourth-order valence-corrected chi connectivity index (χ4v) is 1.29. The van der Waals surface area contributed by atoms with Gasteiger partial charge in [0.15, 0.2) is 5.78 Å². The summed E-state index contributed by atoms with van der Waals surface area (Å²) >= 11 is 0. The van der Waals surface area contributed by atoms with Crippen LogP contribution in [0.5, 0.6) is 0 Å². The Labute approximate surface area is 109 Å². The minimum Gasteiger partial charge on any atom is -0.444 e. The summed E-state index contributed by atoms with van der Waals surface area (Å²) in [5, 5.41) is 9.50. The van der Waals surface area contributed by atoms with Crippen LogP contribution in [0.3, 0.4) is 0 Å². The number of hydrogen-bond acceptors (Lipinski definition) is 4. The van der Waals surface area contributed by atoms with Crippen LogP contribution in [0.15, 0.2) is 0 Å². The molecule has 1 unspecified atom stereocenters. The fourth-order valence-electron chi connectivity index (χ4n) is 1.29. The van der Waals surface area contributed by atoms with E-state index in [1.54, 1.807) is 0 Å². The van der Waals surface area contributed by atoms with E-state index in [0.717, 1.165) is 19.1 Å². The molecular weight excluding hydrogens is 232 g/mol. The molecule has 1 amide bonds. The summed E-state index contributed by atoms with van der Waals surface area (Å²) in [6.45, 7) is 7.55. The first-order valence-corrected chi connectivity index (χ1v) is 6.40. The van der Waals surface area contributed by atoms with E-state index in [9.17, 15) is 9.59 Å². The second-order valence-corrected chi connectivity index (χ2v) is 4.89. The van der Waals surface area contributed by atoms with Crippen molar-refractivity contribution in [2.45, 2.75) is 65.0 Å². The number of ether oxygens (including phenoxy) is 1. The first-order chi connectivity index (χ1) is 8.36. The highest BCUT2D eigenvalue weighted by atomic mass is 16.6. The van der Waals surface area contributed by atoms with Crippen molar-refractivity contribution in [3.8, 4) is 0 Å². The molecule has 0 spiro atoms. The lowest BCUT2D eigenvalue weighted by atomic mass is 10.1. The van der Waals surface area contributed by atoms with Gasteiger partial charge < -0.3 is 15.5 Å². The zero-order valence-corrected chi connectivity index (χ0v) is 11.7. The summed E-state index contributed by atoms with van der Waals surface area (Å²) in [5.41, 5.74) is -0.548. The zero-order valence-electron chi connectivity index (χ0n) is 11.7. The van der Waals surface area contributed by atoms with Gasteiger partial charge in [0.2, 0.25) is 0 Å². The molecule has 0 aromatic carbocycles. The van der Waals surface area contributed by atoms with E-state index in [4.69, 9.17) is 10.1 Å². The van der Waals surface area contributed by atoms with Gasteiger partial charge in [-0.3, -0.25) is 4.79 Å². The summed E-state index contributed by atoms with van der Waals surface area (Å²) in [5.74, 6) is -0.394. The average molecular weight is 256 g/mol. The molecule has 0 bridgehead atoms. The van der Waals surface area contributed by atoms with Gasteiger partial charge in [-0.2, -0.15) is 0 Å². The topological polar surface area (TPSA) is 79.2 Å². The minimum atomic E-state index is -0.650. The molecule has 2 N–H and O–H groups in total. The van der Waals surface area contributed by atoms with Gasteiger partial charge in [0.1, 0.15) is 5.60 Å². The first kappa shape index (κ1) is 16.6. The molecule has 0 aromatic heterocycles. The predicted octanol–water partition coefficient (Wildman–Crippen LogP) is 2.68. The molecular formula is C13H24N2O3. The van der Waals surface area contributed by atoms with Crippen LogP contribution in [0.4, 0.5) is 4.79 Å². The molecule has 0 aliphatic heterocycles. The van der Waals surface area contributed by atoms with Crippen LogP contribution < -0.4 is 5.32 Å².